The summed E-state index contributed by atoms with van der Waals surface area (Å²) in [7, 11) is 1.34. The molecular weight excluding hydrogens is 798 g/mol. The van der Waals surface area contributed by atoms with E-state index in [2.05, 4.69) is 11.9 Å². The van der Waals surface area contributed by atoms with Crippen molar-refractivity contribution in [3.05, 3.63) is 60.2 Å². The molecule has 4 N–H and O–H groups in total. The van der Waals surface area contributed by atoms with Gasteiger partial charge in [-0.3, -0.25) is 14.4 Å². The van der Waals surface area contributed by atoms with Crippen LogP contribution in [0.3, 0.4) is 0 Å². The van der Waals surface area contributed by atoms with Gasteiger partial charge in [0.25, 0.3) is 5.91 Å². The van der Waals surface area contributed by atoms with Crippen LogP contribution in [0.2, 0.25) is 0 Å². The van der Waals surface area contributed by atoms with Crippen LogP contribution in [0.4, 0.5) is 0 Å². The molecule has 1 aromatic rings. The first-order valence-corrected chi connectivity index (χ1v) is 20.4. The Balaban J connectivity index is 2.17. The molecule has 1 amide bonds. The Morgan fingerprint density at radius 3 is 2.28 bits per heavy atom. The van der Waals surface area contributed by atoms with Gasteiger partial charge in [0.2, 0.25) is 23.8 Å². The van der Waals surface area contributed by atoms with Crippen molar-refractivity contribution < 1.29 is 77.2 Å². The van der Waals surface area contributed by atoms with Gasteiger partial charge in [-0.25, -0.2) is 14.4 Å². The number of fused-ring (bicyclic) bond motifs is 2. The highest BCUT2D eigenvalue weighted by molar-refractivity contribution is 6.00. The van der Waals surface area contributed by atoms with Crippen LogP contribution in [-0.2, 0) is 68.3 Å². The summed E-state index contributed by atoms with van der Waals surface area (Å²) in [6.45, 7) is 16.2. The molecule has 17 nitrogen and oxygen atoms in total. The SMILES string of the molecule is C=C(CCC12OC(C(=O)NCCOC)C(O)(C(=O)OCOC(=O)C(C)(C)C)C(C(=O)O)(O1)[C@H](OC(=O)/C=C/[C@@H](C)C[C@@H](C)CC)[C@H]2O)[C@@H](OC(C)=O)[C@H](C)Cc1ccccc1. The number of methoxy groups -OCH3 is 1. The number of aliphatic carboxylic acids is 1. The van der Waals surface area contributed by atoms with E-state index in [0.29, 0.717) is 18.8 Å². The number of benzene rings is 1. The minimum atomic E-state index is -3.74. The number of rotatable bonds is 22. The lowest BCUT2D eigenvalue weighted by atomic mass is 9.74. The molecule has 17 heteroatoms. The van der Waals surface area contributed by atoms with Crippen molar-refractivity contribution in [2.75, 3.05) is 27.1 Å². The molecule has 2 saturated heterocycles. The zero-order chi connectivity index (χ0) is 45.9. The van der Waals surface area contributed by atoms with Gasteiger partial charge < -0.3 is 53.8 Å². The van der Waals surface area contributed by atoms with Gasteiger partial charge in [0.1, 0.15) is 12.2 Å². The smallest absolute Gasteiger partial charge is 0.348 e. The Morgan fingerprint density at radius 2 is 1.70 bits per heavy atom. The van der Waals surface area contributed by atoms with Crippen molar-refractivity contribution in [1.29, 1.82) is 0 Å². The number of aliphatic hydroxyl groups is 2. The number of carbonyl (C=O) groups is 6. The summed E-state index contributed by atoms with van der Waals surface area (Å²) in [5, 5.41) is 38.2. The molecule has 2 aliphatic rings. The molecule has 2 fully saturated rings. The maximum Gasteiger partial charge on any atom is 0.348 e. The van der Waals surface area contributed by atoms with Gasteiger partial charge in [-0.1, -0.05) is 77.1 Å². The van der Waals surface area contributed by atoms with E-state index in [9.17, 15) is 44.1 Å². The second-order valence-corrected chi connectivity index (χ2v) is 17.0. The molecule has 0 aromatic heterocycles. The van der Waals surface area contributed by atoms with Crippen molar-refractivity contribution in [3.8, 4) is 0 Å². The number of aliphatic hydroxyl groups excluding tert-OH is 1. The highest BCUT2D eigenvalue weighted by Gasteiger charge is 2.86. The number of nitrogens with one attached hydrogen (secondary N) is 1. The van der Waals surface area contributed by atoms with Crippen LogP contribution in [0.15, 0.2) is 54.6 Å². The van der Waals surface area contributed by atoms with E-state index >= 15 is 0 Å². The van der Waals surface area contributed by atoms with E-state index in [1.54, 1.807) is 0 Å². The molecule has 2 heterocycles. The topological polar surface area (TPSA) is 240 Å². The molecule has 0 spiro atoms. The van der Waals surface area contributed by atoms with Crippen molar-refractivity contribution in [2.24, 2.45) is 23.2 Å². The molecule has 340 valence electrons. The summed E-state index contributed by atoms with van der Waals surface area (Å²) >= 11 is 0. The number of ether oxygens (including phenoxy) is 7. The fourth-order valence-corrected chi connectivity index (χ4v) is 7.42. The summed E-state index contributed by atoms with van der Waals surface area (Å²) in [4.78, 5) is 80.3. The fraction of sp³-hybridized carbons (Fsp3) is 0.636. The monoisotopic (exact) mass is 861 g/mol. The Kier molecular flexibility index (Phi) is 17.8. The van der Waals surface area contributed by atoms with Gasteiger partial charge in [0.05, 0.1) is 12.0 Å². The van der Waals surface area contributed by atoms with Crippen LogP contribution in [0, 0.1) is 23.2 Å². The van der Waals surface area contributed by atoms with Gasteiger partial charge in [0, 0.05) is 39.0 Å². The minimum Gasteiger partial charge on any atom is -0.479 e. The number of allylic oxidation sites excluding steroid dienone is 1. The van der Waals surface area contributed by atoms with E-state index in [1.165, 1.54) is 40.9 Å². The van der Waals surface area contributed by atoms with Crippen LogP contribution in [-0.4, -0.2) is 120 Å². The minimum absolute atomic E-state index is 0.0704. The number of esters is 4. The van der Waals surface area contributed by atoms with Crippen LogP contribution in [0.5, 0.6) is 0 Å². The Hall–Kier alpha value is -4.68. The molecular formula is C44H63NO16. The Labute approximate surface area is 357 Å². The second kappa shape index (κ2) is 21.4. The van der Waals surface area contributed by atoms with Gasteiger partial charge >= 0.3 is 29.8 Å². The zero-order valence-electron chi connectivity index (χ0n) is 36.6. The highest BCUT2D eigenvalue weighted by atomic mass is 16.8. The van der Waals surface area contributed by atoms with Gasteiger partial charge in [-0.15, -0.1) is 0 Å². The van der Waals surface area contributed by atoms with Crippen molar-refractivity contribution in [2.45, 2.75) is 129 Å². The lowest BCUT2D eigenvalue weighted by Crippen LogP contribution is -2.79. The first-order chi connectivity index (χ1) is 28.5. The predicted octanol–water partition coefficient (Wildman–Crippen LogP) is 3.57. The van der Waals surface area contributed by atoms with Crippen molar-refractivity contribution in [1.82, 2.24) is 5.32 Å². The molecule has 3 rings (SSSR count). The van der Waals surface area contributed by atoms with Gasteiger partial charge in [-0.2, -0.15) is 0 Å². The van der Waals surface area contributed by atoms with Crippen molar-refractivity contribution in [3.63, 3.8) is 0 Å². The molecule has 2 aliphatic heterocycles. The van der Waals surface area contributed by atoms with E-state index in [1.807, 2.05) is 58.0 Å². The van der Waals surface area contributed by atoms with Gasteiger partial charge in [0.15, 0.2) is 12.2 Å². The standard InChI is InChI=1S/C44H63NO16/c1-11-26(2)23-27(3)17-18-32(47)59-35-34(48)42(20-19-28(4)33(58-30(6)46)29(5)24-31-15-13-12-14-16-31)60-36(37(49)45-21-22-55-10)43(54,44(35,61-42)38(50)51)40(53)57-25-56-39(52)41(7,8)9/h12-18,26-27,29,33-36,48,54H,4,11,19-25H2,1-3,5-10H3,(H,45,49)(H,50,51)/b18-17+/t26-,27+,29+,33+,34+,35+,36?,42?,43?,44?/m0/s1. The lowest BCUT2D eigenvalue weighted by molar-refractivity contribution is -0.373. The first kappa shape index (κ1) is 50.7. The summed E-state index contributed by atoms with van der Waals surface area (Å²) in [5.74, 6) is -10.8. The molecule has 0 radical (unpaired) electrons. The second-order valence-electron chi connectivity index (χ2n) is 17.0. The Bertz CT molecular complexity index is 1760. The molecule has 1 aromatic carbocycles. The normalized spacial score (nSPS) is 26.6. The zero-order valence-corrected chi connectivity index (χ0v) is 36.6. The molecule has 2 bridgehead atoms. The highest BCUT2D eigenvalue weighted by Crippen LogP contribution is 2.56. The van der Waals surface area contributed by atoms with E-state index < -0.39 is 95.8 Å². The van der Waals surface area contributed by atoms with Gasteiger partial charge in [-0.05, 0) is 63.0 Å². The van der Waals surface area contributed by atoms with E-state index in [-0.39, 0.29) is 37.0 Å². The summed E-state index contributed by atoms with van der Waals surface area (Å²) < 4.78 is 38.6. The summed E-state index contributed by atoms with van der Waals surface area (Å²) in [6.07, 6.45) is -4.43. The fourth-order valence-electron chi connectivity index (χ4n) is 7.42. The average Bonchev–Trinajstić information content (AvgIpc) is 3.41. The number of carboxylic acid groups (broad SMARTS) is 1. The molecule has 61 heavy (non-hydrogen) atoms. The average molecular weight is 862 g/mol. The lowest BCUT2D eigenvalue weighted by Gasteiger charge is -2.49. The summed E-state index contributed by atoms with van der Waals surface area (Å²) in [6, 6.07) is 9.36. The maximum absolute atomic E-state index is 14.2. The third-order valence-corrected chi connectivity index (χ3v) is 10.9. The van der Waals surface area contributed by atoms with E-state index in [4.69, 9.17) is 33.2 Å². The van der Waals surface area contributed by atoms with E-state index in [0.717, 1.165) is 18.1 Å². The number of amides is 1. The predicted molar refractivity (Wildman–Crippen MR) is 217 cm³/mol. The maximum atomic E-state index is 14.2. The molecule has 10 atom stereocenters. The number of carboxylic acids is 1. The van der Waals surface area contributed by atoms with Crippen molar-refractivity contribution >= 4 is 35.8 Å². The third kappa shape index (κ3) is 11.8. The van der Waals surface area contributed by atoms with Crippen LogP contribution in [0.1, 0.15) is 86.6 Å². The Morgan fingerprint density at radius 1 is 1.05 bits per heavy atom. The quantitative estimate of drug-likeness (QED) is 0.0325. The molecule has 0 saturated carbocycles. The van der Waals surface area contributed by atoms with Crippen LogP contribution < -0.4 is 5.32 Å². The number of hydrogen-bond donors (Lipinski definition) is 4. The first-order valence-electron chi connectivity index (χ1n) is 20.4. The molecule has 4 unspecified atom stereocenters. The number of carbonyl (C=O) groups excluding carboxylic acids is 5. The third-order valence-electron chi connectivity index (χ3n) is 10.9. The largest absolute Gasteiger partial charge is 0.479 e. The number of hydrogen-bond acceptors (Lipinski definition) is 15. The van der Waals surface area contributed by atoms with Crippen LogP contribution >= 0.6 is 0 Å². The molecule has 0 aliphatic carbocycles. The summed E-state index contributed by atoms with van der Waals surface area (Å²) in [5.41, 5.74) is -7.12. The van der Waals surface area contributed by atoms with Crippen LogP contribution in [0.25, 0.3) is 0 Å².